The lowest BCUT2D eigenvalue weighted by atomic mass is 9.92. The predicted octanol–water partition coefficient (Wildman–Crippen LogP) is 5.66. The van der Waals surface area contributed by atoms with Crippen LogP contribution in [0, 0.1) is 0 Å². The second-order valence-electron chi connectivity index (χ2n) is 9.59. The molecule has 1 aliphatic carbocycles. The first-order valence-corrected chi connectivity index (χ1v) is 12.4. The lowest BCUT2D eigenvalue weighted by molar-refractivity contribution is -0.134. The number of rotatable bonds is 5. The first-order chi connectivity index (χ1) is 16.5. The molecule has 0 unspecified atom stereocenters. The van der Waals surface area contributed by atoms with Crippen LogP contribution in [0.5, 0.6) is 0 Å². The molecule has 34 heavy (non-hydrogen) atoms. The number of aromatic nitrogens is 1. The van der Waals surface area contributed by atoms with Gasteiger partial charge in [0.05, 0.1) is 18.5 Å². The van der Waals surface area contributed by atoms with Gasteiger partial charge in [0.15, 0.2) is 0 Å². The first-order valence-electron chi connectivity index (χ1n) is 12.1. The number of carbonyl (C=O) groups is 2. The molecule has 6 nitrogen and oxygen atoms in total. The van der Waals surface area contributed by atoms with Crippen molar-refractivity contribution in [2.24, 2.45) is 0 Å². The van der Waals surface area contributed by atoms with Gasteiger partial charge in [0.25, 0.3) is 5.91 Å². The van der Waals surface area contributed by atoms with Crippen LogP contribution >= 0.6 is 11.6 Å². The minimum Gasteiger partial charge on any atom is -0.463 e. The number of nitrogens with zero attached hydrogens (tertiary/aromatic N) is 2. The predicted molar refractivity (Wildman–Crippen MR) is 131 cm³/mol. The summed E-state index contributed by atoms with van der Waals surface area (Å²) in [7, 11) is 0. The fourth-order valence-electron chi connectivity index (χ4n) is 5.22. The highest BCUT2D eigenvalue weighted by Gasteiger charge is 2.48. The van der Waals surface area contributed by atoms with Crippen molar-refractivity contribution in [3.63, 3.8) is 0 Å². The molecule has 7 heteroatoms. The first kappa shape index (κ1) is 22.8. The number of amides is 2. The number of fused-ring (bicyclic) bond motifs is 1. The van der Waals surface area contributed by atoms with E-state index in [1.54, 1.807) is 11.2 Å². The van der Waals surface area contributed by atoms with Crippen molar-refractivity contribution < 1.29 is 14.0 Å². The van der Waals surface area contributed by atoms with E-state index < -0.39 is 5.54 Å². The third kappa shape index (κ3) is 4.16. The number of carbonyl (C=O) groups excluding carboxylic acids is 2. The quantitative estimate of drug-likeness (QED) is 0.480. The van der Waals surface area contributed by atoms with Crippen molar-refractivity contribution in [1.29, 1.82) is 0 Å². The maximum Gasteiger partial charge on any atom is 0.271 e. The van der Waals surface area contributed by atoms with Gasteiger partial charge in [-0.3, -0.25) is 9.59 Å². The molecule has 1 N–H and O–H groups in total. The highest BCUT2D eigenvalue weighted by atomic mass is 35.5. The Kier molecular flexibility index (Phi) is 6.26. The van der Waals surface area contributed by atoms with Gasteiger partial charge in [-0.1, -0.05) is 55.5 Å². The smallest absolute Gasteiger partial charge is 0.271 e. The van der Waals surface area contributed by atoms with Crippen LogP contribution in [0.2, 0.25) is 5.02 Å². The van der Waals surface area contributed by atoms with E-state index in [0.717, 1.165) is 36.9 Å². The Labute approximate surface area is 204 Å². The summed E-state index contributed by atoms with van der Waals surface area (Å²) in [6, 6.07) is 15.0. The Morgan fingerprint density at radius 3 is 2.50 bits per heavy atom. The minimum absolute atomic E-state index is 0.121. The average Bonchev–Trinajstić information content (AvgIpc) is 3.42. The van der Waals surface area contributed by atoms with Crippen LogP contribution in [-0.2, 0) is 17.9 Å². The average molecular weight is 480 g/mol. The Morgan fingerprint density at radius 1 is 1.06 bits per heavy atom. The number of nitrogens with one attached hydrogen (secondary N) is 1. The number of benzene rings is 1. The molecule has 0 spiro atoms. The Hall–Kier alpha value is -2.99. The molecule has 0 saturated heterocycles. The number of furan rings is 1. The summed E-state index contributed by atoms with van der Waals surface area (Å²) < 4.78 is 7.53. The van der Waals surface area contributed by atoms with Crippen molar-refractivity contribution in [3.8, 4) is 11.5 Å². The van der Waals surface area contributed by atoms with Crippen molar-refractivity contribution >= 4 is 23.4 Å². The second-order valence-corrected chi connectivity index (χ2v) is 9.99. The third-order valence-electron chi connectivity index (χ3n) is 7.25. The maximum absolute atomic E-state index is 13.9. The van der Waals surface area contributed by atoms with E-state index in [9.17, 15) is 9.59 Å². The van der Waals surface area contributed by atoms with Crippen molar-refractivity contribution in [3.05, 3.63) is 71.1 Å². The molecular weight excluding hydrogens is 450 g/mol. The summed E-state index contributed by atoms with van der Waals surface area (Å²) in [5.41, 5.74) is 1.06. The van der Waals surface area contributed by atoms with E-state index in [1.165, 1.54) is 12.8 Å². The van der Waals surface area contributed by atoms with E-state index in [-0.39, 0.29) is 24.4 Å². The van der Waals surface area contributed by atoms with Gasteiger partial charge in [-0.25, -0.2) is 0 Å². The van der Waals surface area contributed by atoms with Gasteiger partial charge in [0.2, 0.25) is 5.91 Å². The van der Waals surface area contributed by atoms with Crippen LogP contribution in [0.3, 0.4) is 0 Å². The van der Waals surface area contributed by atoms with Gasteiger partial charge in [-0.15, -0.1) is 0 Å². The van der Waals surface area contributed by atoms with E-state index in [4.69, 9.17) is 16.0 Å². The van der Waals surface area contributed by atoms with Crippen LogP contribution in [-0.4, -0.2) is 32.9 Å². The topological polar surface area (TPSA) is 67.5 Å². The van der Waals surface area contributed by atoms with Gasteiger partial charge >= 0.3 is 0 Å². The second kappa shape index (κ2) is 9.34. The highest BCUT2D eigenvalue weighted by Crippen LogP contribution is 2.35. The molecule has 3 aromatic rings. The molecule has 1 aliphatic heterocycles. The largest absolute Gasteiger partial charge is 0.463 e. The molecule has 0 radical (unpaired) electrons. The molecule has 2 aromatic heterocycles. The molecule has 178 valence electrons. The summed E-state index contributed by atoms with van der Waals surface area (Å²) in [6.07, 6.45) is 8.23. The van der Waals surface area contributed by atoms with Gasteiger partial charge in [-0.05, 0) is 55.7 Å². The maximum atomic E-state index is 13.9. The van der Waals surface area contributed by atoms with Gasteiger partial charge in [-0.2, -0.15) is 0 Å². The molecule has 1 fully saturated rings. The van der Waals surface area contributed by atoms with Crippen LogP contribution in [0.15, 0.2) is 59.2 Å². The summed E-state index contributed by atoms with van der Waals surface area (Å²) in [6.45, 7) is 2.46. The lowest BCUT2D eigenvalue weighted by Gasteiger charge is -2.45. The molecule has 5 rings (SSSR count). The molecule has 1 saturated carbocycles. The van der Waals surface area contributed by atoms with E-state index >= 15 is 0 Å². The van der Waals surface area contributed by atoms with Crippen LogP contribution < -0.4 is 5.32 Å². The van der Waals surface area contributed by atoms with Gasteiger partial charge < -0.3 is 19.2 Å². The Balaban J connectivity index is 1.53. The van der Waals surface area contributed by atoms with Crippen molar-refractivity contribution in [2.75, 3.05) is 0 Å². The lowest BCUT2D eigenvalue weighted by Crippen LogP contribution is -2.64. The molecule has 1 atom stereocenters. The van der Waals surface area contributed by atoms with Gasteiger partial charge in [0, 0.05) is 17.6 Å². The van der Waals surface area contributed by atoms with Crippen LogP contribution in [0.1, 0.15) is 61.5 Å². The zero-order valence-corrected chi connectivity index (χ0v) is 20.2. The zero-order valence-electron chi connectivity index (χ0n) is 19.4. The highest BCUT2D eigenvalue weighted by molar-refractivity contribution is 6.31. The van der Waals surface area contributed by atoms with E-state index in [0.29, 0.717) is 23.0 Å². The summed E-state index contributed by atoms with van der Waals surface area (Å²) >= 11 is 6.45. The monoisotopic (exact) mass is 479 g/mol. The summed E-state index contributed by atoms with van der Waals surface area (Å²) in [5, 5.41) is 3.88. The van der Waals surface area contributed by atoms with Crippen LogP contribution in [0.4, 0.5) is 0 Å². The molecule has 2 amide bonds. The van der Waals surface area contributed by atoms with Crippen molar-refractivity contribution in [1.82, 2.24) is 14.8 Å². The summed E-state index contributed by atoms with van der Waals surface area (Å²) in [5.74, 6) is 0.358. The molecule has 3 heterocycles. The Morgan fingerprint density at radius 2 is 1.79 bits per heavy atom. The third-order valence-corrected chi connectivity index (χ3v) is 7.61. The fraction of sp³-hybridized carbons (Fsp3) is 0.407. The summed E-state index contributed by atoms with van der Waals surface area (Å²) in [4.78, 5) is 29.4. The number of hydrogen-bond donors (Lipinski definition) is 1. The SMILES string of the molecule is C[C@@]1(C(=O)NC2CCCCCC2)Cn2c(ccc2-c2ccco2)C(=O)N1Cc1ccccc1Cl. The van der Waals surface area contributed by atoms with Crippen LogP contribution in [0.25, 0.3) is 11.5 Å². The number of halogens is 1. The molecular formula is C27H30ClN3O3. The van der Waals surface area contributed by atoms with Gasteiger partial charge in [0.1, 0.15) is 17.0 Å². The number of hydrogen-bond acceptors (Lipinski definition) is 3. The molecule has 1 aromatic carbocycles. The fourth-order valence-corrected chi connectivity index (χ4v) is 5.42. The van der Waals surface area contributed by atoms with E-state index in [1.807, 2.05) is 60.0 Å². The normalized spacial score (nSPS) is 21.2. The van der Waals surface area contributed by atoms with E-state index in [2.05, 4.69) is 5.32 Å². The standard InChI is InChI=1S/C27H30ClN3O3/c1-27(26(33)29-20-10-4-2-3-5-11-20)18-30-22(24-13-8-16-34-24)14-15-23(30)25(32)31(27)17-19-9-6-7-12-21(19)28/h6-9,12-16,20H,2-5,10-11,17-18H2,1H3,(H,29,33)/t27-/m0/s1. The minimum atomic E-state index is -1.09. The zero-order chi connectivity index (χ0) is 23.7. The van der Waals surface area contributed by atoms with Crippen molar-refractivity contribution in [2.45, 2.75) is 70.1 Å². The Bertz CT molecular complexity index is 1180. The molecule has 0 bridgehead atoms. The molecule has 2 aliphatic rings.